The first-order valence-electron chi connectivity index (χ1n) is 8.22. The lowest BCUT2D eigenvalue weighted by Gasteiger charge is -2.28. The second kappa shape index (κ2) is 5.89. The number of carbonyl (C=O) groups excluding carboxylic acids is 1. The summed E-state index contributed by atoms with van der Waals surface area (Å²) < 4.78 is 11.9. The first kappa shape index (κ1) is 16.0. The van der Waals surface area contributed by atoms with E-state index in [2.05, 4.69) is 27.3 Å². The average Bonchev–Trinajstić information content (AvgIpc) is 3.09. The van der Waals surface area contributed by atoms with E-state index in [0.717, 1.165) is 32.1 Å². The third kappa shape index (κ3) is 2.38. The Labute approximate surface area is 163 Å². The Hall–Kier alpha value is -2.24. The minimum Gasteiger partial charge on any atom is -0.454 e. The van der Waals surface area contributed by atoms with Crippen LogP contribution in [-0.2, 0) is 4.79 Å². The highest BCUT2D eigenvalue weighted by Crippen LogP contribution is 2.47. The van der Waals surface area contributed by atoms with Crippen molar-refractivity contribution < 1.29 is 14.3 Å². The molecule has 5 rings (SSSR count). The molecule has 0 unspecified atom stereocenters. The number of amides is 1. The molecule has 130 valence electrons. The summed E-state index contributed by atoms with van der Waals surface area (Å²) in [4.78, 5) is 12.5. The van der Waals surface area contributed by atoms with E-state index >= 15 is 0 Å². The van der Waals surface area contributed by atoms with Crippen LogP contribution >= 0.6 is 27.5 Å². The van der Waals surface area contributed by atoms with Crippen LogP contribution in [0.5, 0.6) is 11.5 Å². The summed E-state index contributed by atoms with van der Waals surface area (Å²) in [6.07, 6.45) is 0.331. The molecule has 3 aromatic rings. The molecule has 0 aromatic heterocycles. The van der Waals surface area contributed by atoms with Gasteiger partial charge in [-0.05, 0) is 28.6 Å². The maximum Gasteiger partial charge on any atom is 0.231 e. The zero-order valence-electron chi connectivity index (χ0n) is 13.5. The normalized spacial score (nSPS) is 17.9. The monoisotopic (exact) mass is 429 g/mol. The van der Waals surface area contributed by atoms with E-state index in [9.17, 15) is 4.79 Å². The molecule has 0 saturated carbocycles. The van der Waals surface area contributed by atoms with Crippen molar-refractivity contribution in [2.45, 2.75) is 12.3 Å². The van der Waals surface area contributed by atoms with Crippen LogP contribution < -0.4 is 14.8 Å². The molecule has 1 amide bonds. The Morgan fingerprint density at radius 1 is 1.04 bits per heavy atom. The number of rotatable bonds is 1. The fourth-order valence-corrected chi connectivity index (χ4v) is 4.61. The van der Waals surface area contributed by atoms with Gasteiger partial charge in [-0.3, -0.25) is 4.79 Å². The number of nitrogens with one attached hydrogen (secondary N) is 1. The van der Waals surface area contributed by atoms with Crippen LogP contribution in [0.25, 0.3) is 10.8 Å². The molecule has 2 heterocycles. The van der Waals surface area contributed by atoms with Crippen molar-refractivity contribution in [3.8, 4) is 11.5 Å². The fourth-order valence-electron chi connectivity index (χ4n) is 3.73. The van der Waals surface area contributed by atoms with E-state index in [1.54, 1.807) is 6.07 Å². The van der Waals surface area contributed by atoms with Gasteiger partial charge in [0.2, 0.25) is 12.7 Å². The second-order valence-corrected chi connectivity index (χ2v) is 7.66. The summed E-state index contributed by atoms with van der Waals surface area (Å²) in [5.74, 6) is 1.13. The zero-order chi connectivity index (χ0) is 17.8. The zero-order valence-corrected chi connectivity index (χ0v) is 15.9. The molecule has 0 saturated heterocycles. The van der Waals surface area contributed by atoms with Gasteiger partial charge >= 0.3 is 0 Å². The van der Waals surface area contributed by atoms with E-state index in [0.29, 0.717) is 22.9 Å². The van der Waals surface area contributed by atoms with Crippen LogP contribution in [0, 0.1) is 0 Å². The lowest BCUT2D eigenvalue weighted by Crippen LogP contribution is -2.24. The Morgan fingerprint density at radius 3 is 2.58 bits per heavy atom. The maximum absolute atomic E-state index is 12.5. The molecule has 6 heteroatoms. The third-order valence-corrected chi connectivity index (χ3v) is 5.90. The van der Waals surface area contributed by atoms with Crippen LogP contribution in [0.1, 0.15) is 23.5 Å². The van der Waals surface area contributed by atoms with Crippen LogP contribution in [0.15, 0.2) is 46.9 Å². The van der Waals surface area contributed by atoms with E-state index in [4.69, 9.17) is 21.1 Å². The SMILES string of the molecule is O=C1C[C@H](c2cc3c(cc2Cl)OCO3)c2cc(Br)c3ccccc3c2N1. The summed E-state index contributed by atoms with van der Waals surface area (Å²) in [5, 5.41) is 5.68. The van der Waals surface area contributed by atoms with Gasteiger partial charge in [0.1, 0.15) is 0 Å². The Bertz CT molecular complexity index is 1080. The number of ether oxygens (including phenoxy) is 2. The van der Waals surface area contributed by atoms with E-state index in [1.165, 1.54) is 0 Å². The van der Waals surface area contributed by atoms with E-state index in [-0.39, 0.29) is 18.6 Å². The van der Waals surface area contributed by atoms with Crippen molar-refractivity contribution in [3.05, 3.63) is 63.1 Å². The summed E-state index contributed by atoms with van der Waals surface area (Å²) in [7, 11) is 0. The minimum absolute atomic E-state index is 0.0243. The molecule has 2 aliphatic heterocycles. The van der Waals surface area contributed by atoms with Crippen LogP contribution in [0.4, 0.5) is 5.69 Å². The van der Waals surface area contributed by atoms with Crippen molar-refractivity contribution in [2.24, 2.45) is 0 Å². The summed E-state index contributed by atoms with van der Waals surface area (Å²) in [6.45, 7) is 0.188. The van der Waals surface area contributed by atoms with Crippen molar-refractivity contribution in [1.29, 1.82) is 0 Å². The van der Waals surface area contributed by atoms with Gasteiger partial charge in [0.25, 0.3) is 0 Å². The number of hydrogen-bond acceptors (Lipinski definition) is 3. The highest BCUT2D eigenvalue weighted by atomic mass is 79.9. The quantitative estimate of drug-likeness (QED) is 0.558. The summed E-state index contributed by atoms with van der Waals surface area (Å²) in [5.41, 5.74) is 2.75. The molecule has 0 bridgehead atoms. The number of fused-ring (bicyclic) bond motifs is 4. The van der Waals surface area contributed by atoms with Crippen LogP contribution in [-0.4, -0.2) is 12.7 Å². The minimum atomic E-state index is -0.151. The van der Waals surface area contributed by atoms with E-state index < -0.39 is 0 Å². The topological polar surface area (TPSA) is 47.6 Å². The number of halogens is 2. The van der Waals surface area contributed by atoms with Crippen molar-refractivity contribution >= 4 is 49.9 Å². The molecule has 0 fully saturated rings. The predicted octanol–water partition coefficient (Wildman–Crippen LogP) is 5.46. The third-order valence-electron chi connectivity index (χ3n) is 4.92. The molecule has 3 aromatic carbocycles. The lowest BCUT2D eigenvalue weighted by molar-refractivity contribution is -0.116. The van der Waals surface area contributed by atoms with E-state index in [1.807, 2.05) is 30.3 Å². The van der Waals surface area contributed by atoms with Gasteiger partial charge in [-0.25, -0.2) is 0 Å². The molecule has 26 heavy (non-hydrogen) atoms. The number of benzene rings is 3. The van der Waals surface area contributed by atoms with Gasteiger partial charge in [0, 0.05) is 33.3 Å². The van der Waals surface area contributed by atoms with Crippen molar-refractivity contribution in [3.63, 3.8) is 0 Å². The number of anilines is 1. The molecule has 1 N–H and O–H groups in total. The highest BCUT2D eigenvalue weighted by molar-refractivity contribution is 9.10. The second-order valence-electron chi connectivity index (χ2n) is 6.40. The average molecular weight is 431 g/mol. The first-order chi connectivity index (χ1) is 12.6. The molecule has 1 atom stereocenters. The molecule has 0 spiro atoms. The van der Waals surface area contributed by atoms with Gasteiger partial charge in [0.15, 0.2) is 11.5 Å². The van der Waals surface area contributed by atoms with Crippen LogP contribution in [0.2, 0.25) is 5.02 Å². The Balaban J connectivity index is 1.75. The fraction of sp³-hybridized carbons (Fsp3) is 0.150. The molecular weight excluding hydrogens is 418 g/mol. The summed E-state index contributed by atoms with van der Waals surface area (Å²) in [6, 6.07) is 13.7. The smallest absolute Gasteiger partial charge is 0.231 e. The largest absolute Gasteiger partial charge is 0.454 e. The van der Waals surface area contributed by atoms with Gasteiger partial charge in [-0.2, -0.15) is 0 Å². The summed E-state index contributed by atoms with van der Waals surface area (Å²) >= 11 is 10.2. The van der Waals surface area contributed by atoms with Gasteiger partial charge in [-0.1, -0.05) is 51.8 Å². The van der Waals surface area contributed by atoms with Crippen molar-refractivity contribution in [2.75, 3.05) is 12.1 Å². The molecular formula is C20H13BrClNO3. The first-order valence-corrected chi connectivity index (χ1v) is 9.39. The molecule has 0 radical (unpaired) electrons. The Morgan fingerprint density at radius 2 is 1.77 bits per heavy atom. The maximum atomic E-state index is 12.5. The molecule has 2 aliphatic rings. The van der Waals surface area contributed by atoms with Crippen molar-refractivity contribution in [1.82, 2.24) is 0 Å². The molecule has 4 nitrogen and oxygen atoms in total. The van der Waals surface area contributed by atoms with Gasteiger partial charge < -0.3 is 14.8 Å². The lowest BCUT2D eigenvalue weighted by atomic mass is 9.83. The van der Waals surface area contributed by atoms with Gasteiger partial charge in [0.05, 0.1) is 5.69 Å². The predicted molar refractivity (Wildman–Crippen MR) is 104 cm³/mol. The highest BCUT2D eigenvalue weighted by Gasteiger charge is 2.31. The van der Waals surface area contributed by atoms with Gasteiger partial charge in [-0.15, -0.1) is 0 Å². The van der Waals surface area contributed by atoms with Crippen LogP contribution in [0.3, 0.4) is 0 Å². The molecule has 0 aliphatic carbocycles. The number of carbonyl (C=O) groups is 1. The Kier molecular flexibility index (Phi) is 3.62. The standard InChI is InChI=1S/C20H13BrClNO3/c21-15-5-14-12(13-6-17-18(8-16(13)22)26-9-25-17)7-19(24)23-20(14)11-4-2-1-3-10(11)15/h1-6,8,12H,7,9H2,(H,23,24)/t12-/m1/s1. The number of hydrogen-bond donors (Lipinski definition) is 1.